The number of nitrogens with zero attached hydrogens (tertiary/aromatic N) is 5. The van der Waals surface area contributed by atoms with Crippen LogP contribution in [0.3, 0.4) is 0 Å². The zero-order valence-corrected chi connectivity index (χ0v) is 27.4. The van der Waals surface area contributed by atoms with Crippen LogP contribution in [0.25, 0.3) is 17.1 Å². The van der Waals surface area contributed by atoms with Gasteiger partial charge in [-0.1, -0.05) is 62.0 Å². The first-order chi connectivity index (χ1) is 22.3. The fourth-order valence-corrected chi connectivity index (χ4v) is 6.50. The molecular formula is C34H36F4N6O2S. The Hall–Kier alpha value is -4.39. The van der Waals surface area contributed by atoms with Crippen LogP contribution in [0.5, 0.6) is 5.75 Å². The SMILES string of the molecule is Cc1ccc(C(C)C)c(N2C(=NC(=O)NC(C)C(F)c3ccc(-c4ncn(-c5ccc(OC(F)(F)F)cc5)n4)cc3)SCCC2C)c1. The number of aliphatic imine (C=N–C) groups is 1. The first-order valence-electron chi connectivity index (χ1n) is 15.2. The number of carbonyl (C=O) groups excluding carboxylic acids is 1. The molecule has 2 amide bonds. The van der Waals surface area contributed by atoms with Gasteiger partial charge in [0.15, 0.2) is 11.0 Å². The molecule has 3 unspecified atom stereocenters. The van der Waals surface area contributed by atoms with Crippen LogP contribution >= 0.6 is 11.8 Å². The van der Waals surface area contributed by atoms with Gasteiger partial charge >= 0.3 is 12.4 Å². The number of alkyl halides is 4. The van der Waals surface area contributed by atoms with E-state index in [1.807, 2.05) is 6.92 Å². The summed E-state index contributed by atoms with van der Waals surface area (Å²) in [4.78, 5) is 23.9. The summed E-state index contributed by atoms with van der Waals surface area (Å²) in [5.41, 5.74) is 4.78. The maximum absolute atomic E-state index is 15.6. The van der Waals surface area contributed by atoms with Gasteiger partial charge in [-0.05, 0) is 80.1 Å². The Kier molecular flexibility index (Phi) is 10.2. The average Bonchev–Trinajstić information content (AvgIpc) is 3.51. The number of aromatic nitrogens is 3. The van der Waals surface area contributed by atoms with Gasteiger partial charge in [0, 0.05) is 23.0 Å². The smallest absolute Gasteiger partial charge is 0.406 e. The molecule has 47 heavy (non-hydrogen) atoms. The highest BCUT2D eigenvalue weighted by atomic mass is 32.2. The van der Waals surface area contributed by atoms with E-state index in [0.29, 0.717) is 27.8 Å². The van der Waals surface area contributed by atoms with Gasteiger partial charge < -0.3 is 15.0 Å². The molecule has 0 radical (unpaired) electrons. The predicted octanol–water partition coefficient (Wildman–Crippen LogP) is 8.76. The van der Waals surface area contributed by atoms with Gasteiger partial charge in [0.2, 0.25) is 0 Å². The Balaban J connectivity index is 1.25. The molecule has 0 bridgehead atoms. The molecule has 1 aromatic heterocycles. The van der Waals surface area contributed by atoms with E-state index in [2.05, 4.69) is 69.0 Å². The number of hydrogen-bond acceptors (Lipinski definition) is 5. The molecule has 1 N–H and O–H groups in total. The molecule has 1 saturated heterocycles. The van der Waals surface area contributed by atoms with E-state index >= 15 is 4.39 Å². The van der Waals surface area contributed by atoms with E-state index < -0.39 is 24.6 Å². The first-order valence-corrected chi connectivity index (χ1v) is 16.2. The number of aryl methyl sites for hydroxylation is 1. The molecule has 4 aromatic rings. The van der Waals surface area contributed by atoms with Crippen LogP contribution in [0.15, 0.2) is 78.0 Å². The van der Waals surface area contributed by atoms with Gasteiger partial charge in [0.25, 0.3) is 0 Å². The minimum Gasteiger partial charge on any atom is -0.406 e. The molecule has 5 rings (SSSR count). The highest BCUT2D eigenvalue weighted by molar-refractivity contribution is 8.14. The Morgan fingerprint density at radius 1 is 1.06 bits per heavy atom. The Morgan fingerprint density at radius 3 is 2.43 bits per heavy atom. The lowest BCUT2D eigenvalue weighted by atomic mass is 9.98. The summed E-state index contributed by atoms with van der Waals surface area (Å²) in [7, 11) is 0. The van der Waals surface area contributed by atoms with Crippen molar-refractivity contribution in [2.75, 3.05) is 10.7 Å². The minimum absolute atomic E-state index is 0.145. The third-order valence-electron chi connectivity index (χ3n) is 7.78. The lowest BCUT2D eigenvalue weighted by Crippen LogP contribution is -2.43. The second kappa shape index (κ2) is 14.2. The van der Waals surface area contributed by atoms with Crippen LogP contribution in [0.4, 0.5) is 28.0 Å². The number of amides is 2. The summed E-state index contributed by atoms with van der Waals surface area (Å²) >= 11 is 1.52. The molecule has 13 heteroatoms. The molecule has 1 aliphatic heterocycles. The summed E-state index contributed by atoms with van der Waals surface area (Å²) in [5, 5.41) is 7.68. The van der Waals surface area contributed by atoms with Crippen molar-refractivity contribution >= 4 is 28.6 Å². The fourth-order valence-electron chi connectivity index (χ4n) is 5.30. The number of thioether (sulfide) groups is 1. The van der Waals surface area contributed by atoms with Gasteiger partial charge in [0.1, 0.15) is 18.2 Å². The second-order valence-corrected chi connectivity index (χ2v) is 12.8. The van der Waals surface area contributed by atoms with Gasteiger partial charge in [-0.15, -0.1) is 18.3 Å². The zero-order chi connectivity index (χ0) is 33.9. The highest BCUT2D eigenvalue weighted by Crippen LogP contribution is 2.36. The molecule has 3 aromatic carbocycles. The van der Waals surface area contributed by atoms with E-state index in [1.54, 1.807) is 31.2 Å². The van der Waals surface area contributed by atoms with Crippen LogP contribution in [0, 0.1) is 6.92 Å². The molecule has 3 atom stereocenters. The molecular weight excluding hydrogens is 632 g/mol. The van der Waals surface area contributed by atoms with E-state index in [0.717, 1.165) is 23.4 Å². The van der Waals surface area contributed by atoms with Crippen molar-refractivity contribution in [3.8, 4) is 22.8 Å². The lowest BCUT2D eigenvalue weighted by Gasteiger charge is -2.37. The van der Waals surface area contributed by atoms with Crippen molar-refractivity contribution in [2.45, 2.75) is 71.6 Å². The normalized spacial score (nSPS) is 17.5. The molecule has 248 valence electrons. The molecule has 1 fully saturated rings. The van der Waals surface area contributed by atoms with E-state index in [9.17, 15) is 18.0 Å². The topological polar surface area (TPSA) is 84.6 Å². The number of ether oxygens (including phenoxy) is 1. The first kappa shape index (κ1) is 34.0. The Morgan fingerprint density at radius 2 is 1.77 bits per heavy atom. The van der Waals surface area contributed by atoms with Crippen LogP contribution in [-0.2, 0) is 0 Å². The van der Waals surface area contributed by atoms with Gasteiger partial charge in [-0.3, -0.25) is 0 Å². The third-order valence-corrected chi connectivity index (χ3v) is 8.77. The van der Waals surface area contributed by atoms with Gasteiger partial charge in [-0.25, -0.2) is 18.9 Å². The fraction of sp³-hybridized carbons (Fsp3) is 0.353. The second-order valence-electron chi connectivity index (χ2n) is 11.8. The van der Waals surface area contributed by atoms with Gasteiger partial charge in [0.05, 0.1) is 11.7 Å². The monoisotopic (exact) mass is 668 g/mol. The van der Waals surface area contributed by atoms with Gasteiger partial charge in [-0.2, -0.15) is 4.99 Å². The summed E-state index contributed by atoms with van der Waals surface area (Å²) < 4.78 is 58.2. The number of anilines is 1. The maximum atomic E-state index is 15.6. The number of urea groups is 1. The number of halogens is 4. The number of carbonyl (C=O) groups is 1. The van der Waals surface area contributed by atoms with Crippen LogP contribution in [0.2, 0.25) is 0 Å². The van der Waals surface area contributed by atoms with Crippen molar-refractivity contribution in [2.24, 2.45) is 4.99 Å². The largest absolute Gasteiger partial charge is 0.573 e. The number of benzene rings is 3. The molecule has 8 nitrogen and oxygen atoms in total. The number of rotatable bonds is 8. The van der Waals surface area contributed by atoms with Crippen molar-refractivity contribution in [1.82, 2.24) is 20.1 Å². The molecule has 0 spiro atoms. The summed E-state index contributed by atoms with van der Waals surface area (Å²) in [6, 6.07) is 16.8. The van der Waals surface area contributed by atoms with E-state index in [1.165, 1.54) is 52.6 Å². The quantitative estimate of drug-likeness (QED) is 0.189. The molecule has 1 aliphatic rings. The number of amidine groups is 1. The Bertz CT molecular complexity index is 1720. The van der Waals surface area contributed by atoms with Crippen molar-refractivity contribution in [3.05, 3.63) is 89.7 Å². The maximum Gasteiger partial charge on any atom is 0.573 e. The van der Waals surface area contributed by atoms with E-state index in [-0.39, 0.29) is 17.7 Å². The highest BCUT2D eigenvalue weighted by Gasteiger charge is 2.31. The summed E-state index contributed by atoms with van der Waals surface area (Å²) in [6.45, 7) is 10.0. The van der Waals surface area contributed by atoms with Crippen molar-refractivity contribution in [3.63, 3.8) is 0 Å². The zero-order valence-electron chi connectivity index (χ0n) is 26.6. The standard InChI is InChI=1S/C34H36F4N6O2S/c1-20(2)28-15-6-21(3)18-29(28)44-22(4)16-17-47-33(44)41-32(45)40-23(5)30(35)24-7-9-25(10-8-24)31-39-19-43(42-31)26-11-13-27(14-12-26)46-34(36,37)38/h6-15,18-20,22-23,30H,16-17H2,1-5H3,(H,40,45). The summed E-state index contributed by atoms with van der Waals surface area (Å²) in [6.07, 6.45) is -3.91. The molecule has 0 aliphatic carbocycles. The Labute approximate surface area is 275 Å². The predicted molar refractivity (Wildman–Crippen MR) is 177 cm³/mol. The number of nitrogens with one attached hydrogen (secondary N) is 1. The average molecular weight is 669 g/mol. The van der Waals surface area contributed by atoms with Crippen molar-refractivity contribution in [1.29, 1.82) is 0 Å². The third kappa shape index (κ3) is 8.31. The van der Waals surface area contributed by atoms with Crippen molar-refractivity contribution < 1.29 is 27.1 Å². The minimum atomic E-state index is -4.78. The summed E-state index contributed by atoms with van der Waals surface area (Å²) in [5.74, 6) is 1.12. The lowest BCUT2D eigenvalue weighted by molar-refractivity contribution is -0.274. The molecule has 2 heterocycles. The van der Waals surface area contributed by atoms with Crippen LogP contribution < -0.4 is 15.0 Å². The van der Waals surface area contributed by atoms with Crippen LogP contribution in [-0.4, -0.2) is 50.2 Å². The number of hydrogen-bond donors (Lipinski definition) is 1. The van der Waals surface area contributed by atoms with Crippen LogP contribution in [0.1, 0.15) is 62.9 Å². The molecule has 0 saturated carbocycles. The van der Waals surface area contributed by atoms with E-state index in [4.69, 9.17) is 0 Å².